The molecule has 0 aliphatic carbocycles. The van der Waals surface area contributed by atoms with Gasteiger partial charge in [-0.3, -0.25) is 9.59 Å². The van der Waals surface area contributed by atoms with Crippen LogP contribution in [0.5, 0.6) is 0 Å². The first-order valence-electron chi connectivity index (χ1n) is 6.40. The Morgan fingerprint density at radius 1 is 1.57 bits per heavy atom. The largest absolute Gasteiger partial charge is 0.469 e. The van der Waals surface area contributed by atoms with Gasteiger partial charge in [-0.15, -0.1) is 0 Å². The number of ether oxygens (including phenoxy) is 1. The minimum Gasteiger partial charge on any atom is -0.469 e. The molecule has 8 heteroatoms. The van der Waals surface area contributed by atoms with Gasteiger partial charge in [-0.2, -0.15) is 0 Å². The lowest BCUT2D eigenvalue weighted by molar-refractivity contribution is -0.139. The minimum absolute atomic E-state index is 0.00375. The number of esters is 1. The Hall–Kier alpha value is -1.54. The molecule has 6 nitrogen and oxygen atoms in total. The topological polar surface area (TPSA) is 80.3 Å². The van der Waals surface area contributed by atoms with E-state index in [-0.39, 0.29) is 31.1 Å². The number of methoxy groups -OCH3 is 1. The number of aromatic nitrogens is 1. The molecule has 1 amide bonds. The van der Waals surface area contributed by atoms with E-state index in [1.807, 2.05) is 0 Å². The summed E-state index contributed by atoms with van der Waals surface area (Å²) in [5, 5.41) is 5.42. The van der Waals surface area contributed by atoms with Crippen LogP contribution in [0.1, 0.15) is 12.0 Å². The van der Waals surface area contributed by atoms with Gasteiger partial charge in [0.05, 0.1) is 19.6 Å². The molecule has 1 fully saturated rings. The maximum atomic E-state index is 13.1. The van der Waals surface area contributed by atoms with Crippen LogP contribution in [-0.2, 0) is 20.7 Å². The summed E-state index contributed by atoms with van der Waals surface area (Å²) in [6.07, 6.45) is -0.895. The van der Waals surface area contributed by atoms with Gasteiger partial charge in [-0.1, -0.05) is 6.07 Å². The zero-order chi connectivity index (χ0) is 15.4. The van der Waals surface area contributed by atoms with Crippen LogP contribution in [0.15, 0.2) is 16.7 Å². The molecule has 1 saturated heterocycles. The fourth-order valence-corrected chi connectivity index (χ4v) is 2.35. The fraction of sp³-hybridized carbons (Fsp3) is 0.462. The summed E-state index contributed by atoms with van der Waals surface area (Å²) in [7, 11) is 1.29. The van der Waals surface area contributed by atoms with Crippen molar-refractivity contribution in [1.82, 2.24) is 10.3 Å². The Bertz CT molecular complexity index is 555. The quantitative estimate of drug-likeness (QED) is 0.623. The van der Waals surface area contributed by atoms with E-state index in [1.165, 1.54) is 7.11 Å². The van der Waals surface area contributed by atoms with Crippen molar-refractivity contribution < 1.29 is 18.7 Å². The zero-order valence-electron chi connectivity index (χ0n) is 11.4. The number of anilines is 1. The second-order valence-electron chi connectivity index (χ2n) is 4.68. The second-order valence-corrected chi connectivity index (χ2v) is 5.49. The number of nitrogens with one attached hydrogen (secondary N) is 2. The van der Waals surface area contributed by atoms with Crippen LogP contribution in [0.3, 0.4) is 0 Å². The molecule has 2 rings (SSSR count). The van der Waals surface area contributed by atoms with E-state index >= 15 is 0 Å². The Balaban J connectivity index is 2.12. The van der Waals surface area contributed by atoms with E-state index in [0.717, 1.165) is 0 Å². The number of pyridine rings is 1. The number of amides is 1. The first-order chi connectivity index (χ1) is 9.99. The second kappa shape index (κ2) is 6.95. The summed E-state index contributed by atoms with van der Waals surface area (Å²) < 4.78 is 18.2. The summed E-state index contributed by atoms with van der Waals surface area (Å²) in [6, 6.07) is 2.75. The van der Waals surface area contributed by atoms with E-state index < -0.39 is 18.2 Å². The van der Waals surface area contributed by atoms with Crippen LogP contribution in [0, 0.1) is 0 Å². The van der Waals surface area contributed by atoms with Gasteiger partial charge in [-0.25, -0.2) is 9.37 Å². The third-order valence-corrected chi connectivity index (χ3v) is 3.58. The standard InChI is InChI=1S/C13H15BrFN3O3/c1-21-11(19)4-7-2-3-10(14)17-12(7)18-13(20)9-5-8(15)6-16-9/h2-3,8-9,16H,4-6H2,1H3,(H,17,18,20)/t8-,9+/m1/s1. The van der Waals surface area contributed by atoms with Crippen molar-refractivity contribution in [3.63, 3.8) is 0 Å². The fourth-order valence-electron chi connectivity index (χ4n) is 2.04. The highest BCUT2D eigenvalue weighted by atomic mass is 79.9. The van der Waals surface area contributed by atoms with E-state index in [1.54, 1.807) is 12.1 Å². The van der Waals surface area contributed by atoms with Gasteiger partial charge in [-0.05, 0) is 22.0 Å². The molecule has 1 aliphatic heterocycles. The molecule has 0 saturated carbocycles. The first kappa shape index (κ1) is 15.8. The molecule has 0 spiro atoms. The lowest BCUT2D eigenvalue weighted by Crippen LogP contribution is -2.36. The van der Waals surface area contributed by atoms with Crippen molar-refractivity contribution in [3.8, 4) is 0 Å². The van der Waals surface area contributed by atoms with E-state index in [2.05, 4.69) is 36.3 Å². The van der Waals surface area contributed by atoms with Crippen LogP contribution < -0.4 is 10.6 Å². The van der Waals surface area contributed by atoms with Crippen LogP contribution in [0.25, 0.3) is 0 Å². The van der Waals surface area contributed by atoms with Crippen molar-refractivity contribution >= 4 is 33.6 Å². The van der Waals surface area contributed by atoms with Crippen molar-refractivity contribution in [2.24, 2.45) is 0 Å². The first-order valence-corrected chi connectivity index (χ1v) is 7.19. The summed E-state index contributed by atoms with van der Waals surface area (Å²) >= 11 is 3.21. The zero-order valence-corrected chi connectivity index (χ0v) is 12.9. The molecule has 1 aliphatic rings. The predicted octanol–water partition coefficient (Wildman–Crippen LogP) is 1.20. The van der Waals surface area contributed by atoms with Gasteiger partial charge < -0.3 is 15.4 Å². The molecule has 2 heterocycles. The molecule has 0 radical (unpaired) electrons. The minimum atomic E-state index is -1.02. The molecular weight excluding hydrogens is 345 g/mol. The van der Waals surface area contributed by atoms with Gasteiger partial charge in [0.1, 0.15) is 16.6 Å². The van der Waals surface area contributed by atoms with Gasteiger partial charge in [0.2, 0.25) is 5.91 Å². The average molecular weight is 360 g/mol. The number of hydrogen-bond acceptors (Lipinski definition) is 5. The Morgan fingerprint density at radius 3 is 2.95 bits per heavy atom. The Morgan fingerprint density at radius 2 is 2.33 bits per heavy atom. The SMILES string of the molecule is COC(=O)Cc1ccc(Br)nc1NC(=O)[C@@H]1C[C@@H](F)CN1. The van der Waals surface area contributed by atoms with Crippen molar-refractivity contribution in [2.75, 3.05) is 19.0 Å². The molecule has 1 aromatic rings. The predicted molar refractivity (Wildman–Crippen MR) is 77.6 cm³/mol. The highest BCUT2D eigenvalue weighted by Crippen LogP contribution is 2.19. The number of carbonyl (C=O) groups excluding carboxylic acids is 2. The molecule has 21 heavy (non-hydrogen) atoms. The molecule has 2 N–H and O–H groups in total. The van der Waals surface area contributed by atoms with Gasteiger partial charge in [0.15, 0.2) is 0 Å². The summed E-state index contributed by atoms with van der Waals surface area (Å²) in [4.78, 5) is 27.6. The molecule has 2 atom stereocenters. The molecular formula is C13H15BrFN3O3. The number of alkyl halides is 1. The third-order valence-electron chi connectivity index (χ3n) is 3.14. The highest BCUT2D eigenvalue weighted by Gasteiger charge is 2.29. The van der Waals surface area contributed by atoms with Crippen LogP contribution >= 0.6 is 15.9 Å². The smallest absolute Gasteiger partial charge is 0.310 e. The molecule has 0 bridgehead atoms. The van der Waals surface area contributed by atoms with Gasteiger partial charge >= 0.3 is 5.97 Å². The Labute approximate surface area is 129 Å². The van der Waals surface area contributed by atoms with E-state index in [0.29, 0.717) is 10.2 Å². The van der Waals surface area contributed by atoms with Crippen molar-refractivity contribution in [1.29, 1.82) is 0 Å². The number of hydrogen-bond donors (Lipinski definition) is 2. The summed E-state index contributed by atoms with van der Waals surface area (Å²) in [6.45, 7) is 0.166. The van der Waals surface area contributed by atoms with Gasteiger partial charge in [0.25, 0.3) is 0 Å². The van der Waals surface area contributed by atoms with Crippen LogP contribution in [0.4, 0.5) is 10.2 Å². The number of carbonyl (C=O) groups is 2. The maximum absolute atomic E-state index is 13.1. The lowest BCUT2D eigenvalue weighted by Gasteiger charge is -2.13. The van der Waals surface area contributed by atoms with Crippen LogP contribution in [-0.4, -0.2) is 42.7 Å². The molecule has 1 aromatic heterocycles. The van der Waals surface area contributed by atoms with Crippen LogP contribution in [0.2, 0.25) is 0 Å². The lowest BCUT2D eigenvalue weighted by atomic mass is 10.1. The number of rotatable bonds is 4. The normalized spacial score (nSPS) is 21.1. The summed E-state index contributed by atoms with van der Waals surface area (Å²) in [5.74, 6) is -0.534. The number of halogens is 2. The maximum Gasteiger partial charge on any atom is 0.310 e. The van der Waals surface area contributed by atoms with Gasteiger partial charge in [0, 0.05) is 18.5 Å². The van der Waals surface area contributed by atoms with Crippen molar-refractivity contribution in [3.05, 3.63) is 22.3 Å². The monoisotopic (exact) mass is 359 g/mol. The van der Waals surface area contributed by atoms with E-state index in [4.69, 9.17) is 0 Å². The molecule has 0 aromatic carbocycles. The number of nitrogens with zero attached hydrogens (tertiary/aromatic N) is 1. The summed E-state index contributed by atoms with van der Waals surface area (Å²) in [5.41, 5.74) is 0.535. The molecule has 114 valence electrons. The average Bonchev–Trinajstić information content (AvgIpc) is 2.88. The molecule has 0 unspecified atom stereocenters. The van der Waals surface area contributed by atoms with Crippen molar-refractivity contribution in [2.45, 2.75) is 25.1 Å². The third kappa shape index (κ3) is 4.21. The van der Waals surface area contributed by atoms with E-state index in [9.17, 15) is 14.0 Å². The highest BCUT2D eigenvalue weighted by molar-refractivity contribution is 9.10. The Kier molecular flexibility index (Phi) is 5.24.